The van der Waals surface area contributed by atoms with Crippen molar-refractivity contribution in [2.24, 2.45) is 0 Å². The molecule has 22 heavy (non-hydrogen) atoms. The summed E-state index contributed by atoms with van der Waals surface area (Å²) in [4.78, 5) is 12.5. The van der Waals surface area contributed by atoms with E-state index in [2.05, 4.69) is 10.6 Å². The Morgan fingerprint density at radius 1 is 1.32 bits per heavy atom. The lowest BCUT2D eigenvalue weighted by molar-refractivity contribution is -0.141. The fraction of sp³-hybridized carbons (Fsp3) is 0.533. The summed E-state index contributed by atoms with van der Waals surface area (Å²) < 4.78 is 44.1. The Kier molecular flexibility index (Phi) is 4.77. The van der Waals surface area contributed by atoms with Gasteiger partial charge in [-0.1, -0.05) is 6.07 Å². The standard InChI is InChI=1S/C15H19F3N2O2/c1-10-11(15(16,17)18)4-3-5-12(10)20-13(21)14(22-2)6-8-19-9-7-14/h3-5,19H,6-9H2,1-2H3,(H,20,21). The number of methoxy groups -OCH3 is 1. The lowest BCUT2D eigenvalue weighted by atomic mass is 9.91. The molecule has 1 aliphatic rings. The van der Waals surface area contributed by atoms with E-state index in [1.165, 1.54) is 26.2 Å². The molecule has 1 fully saturated rings. The Bertz CT molecular complexity index is 552. The average Bonchev–Trinajstić information content (AvgIpc) is 2.48. The molecule has 4 nitrogen and oxygen atoms in total. The van der Waals surface area contributed by atoms with Gasteiger partial charge < -0.3 is 15.4 Å². The number of carbonyl (C=O) groups is 1. The molecule has 0 radical (unpaired) electrons. The van der Waals surface area contributed by atoms with E-state index < -0.39 is 23.2 Å². The van der Waals surface area contributed by atoms with Crippen molar-refractivity contribution in [1.82, 2.24) is 5.32 Å². The van der Waals surface area contributed by atoms with Gasteiger partial charge in [0.2, 0.25) is 0 Å². The van der Waals surface area contributed by atoms with Gasteiger partial charge in [-0.3, -0.25) is 4.79 Å². The van der Waals surface area contributed by atoms with E-state index in [1.807, 2.05) is 0 Å². The SMILES string of the molecule is COC1(C(=O)Nc2cccc(C(F)(F)F)c2C)CCNCC1. The molecule has 1 saturated heterocycles. The van der Waals surface area contributed by atoms with Gasteiger partial charge in [0.25, 0.3) is 5.91 Å². The second-order valence-corrected chi connectivity index (χ2v) is 5.38. The third-order valence-electron chi connectivity index (χ3n) is 4.10. The van der Waals surface area contributed by atoms with Gasteiger partial charge in [0, 0.05) is 12.8 Å². The van der Waals surface area contributed by atoms with E-state index in [9.17, 15) is 18.0 Å². The van der Waals surface area contributed by atoms with Crippen LogP contribution in [0.1, 0.15) is 24.0 Å². The topological polar surface area (TPSA) is 50.4 Å². The van der Waals surface area contributed by atoms with Crippen LogP contribution in [0.3, 0.4) is 0 Å². The molecule has 2 rings (SSSR count). The molecule has 7 heteroatoms. The predicted molar refractivity (Wildman–Crippen MR) is 76.7 cm³/mol. The molecule has 2 N–H and O–H groups in total. The first kappa shape index (κ1) is 16.8. The van der Waals surface area contributed by atoms with Gasteiger partial charge >= 0.3 is 6.18 Å². The molecule has 0 aromatic heterocycles. The van der Waals surface area contributed by atoms with Gasteiger partial charge in [-0.15, -0.1) is 0 Å². The molecule has 1 amide bonds. The van der Waals surface area contributed by atoms with Crippen molar-refractivity contribution in [3.05, 3.63) is 29.3 Å². The second-order valence-electron chi connectivity index (χ2n) is 5.38. The number of rotatable bonds is 3. The molecule has 1 aliphatic heterocycles. The Hall–Kier alpha value is -1.60. The summed E-state index contributed by atoms with van der Waals surface area (Å²) in [6.45, 7) is 2.60. The Morgan fingerprint density at radius 2 is 1.95 bits per heavy atom. The zero-order chi connectivity index (χ0) is 16.4. The largest absolute Gasteiger partial charge is 0.416 e. The van der Waals surface area contributed by atoms with Crippen LogP contribution in [-0.2, 0) is 15.7 Å². The predicted octanol–water partition coefficient (Wildman–Crippen LogP) is 2.72. The molecule has 122 valence electrons. The number of hydrogen-bond donors (Lipinski definition) is 2. The first-order valence-electron chi connectivity index (χ1n) is 7.04. The third kappa shape index (κ3) is 3.25. The van der Waals surface area contributed by atoms with Gasteiger partial charge in [-0.05, 0) is 50.6 Å². The van der Waals surface area contributed by atoms with E-state index in [4.69, 9.17) is 4.74 Å². The lowest BCUT2D eigenvalue weighted by Gasteiger charge is -2.35. The maximum Gasteiger partial charge on any atom is 0.416 e. The van der Waals surface area contributed by atoms with Gasteiger partial charge in [0.05, 0.1) is 5.56 Å². The van der Waals surface area contributed by atoms with Crippen LogP contribution in [0, 0.1) is 6.92 Å². The minimum Gasteiger partial charge on any atom is -0.368 e. The highest BCUT2D eigenvalue weighted by Crippen LogP contribution is 2.35. The van der Waals surface area contributed by atoms with Crippen molar-refractivity contribution >= 4 is 11.6 Å². The van der Waals surface area contributed by atoms with Crippen LogP contribution in [0.15, 0.2) is 18.2 Å². The van der Waals surface area contributed by atoms with Crippen LogP contribution in [0.25, 0.3) is 0 Å². The van der Waals surface area contributed by atoms with Crippen molar-refractivity contribution in [1.29, 1.82) is 0 Å². The molecule has 0 unspecified atom stereocenters. The van der Waals surface area contributed by atoms with Gasteiger partial charge in [-0.25, -0.2) is 0 Å². The summed E-state index contributed by atoms with van der Waals surface area (Å²) in [7, 11) is 1.45. The Balaban J connectivity index is 2.25. The van der Waals surface area contributed by atoms with E-state index in [-0.39, 0.29) is 11.3 Å². The first-order chi connectivity index (χ1) is 10.3. The molecular weight excluding hydrogens is 297 g/mol. The minimum absolute atomic E-state index is 0.00328. The van der Waals surface area contributed by atoms with Crippen LogP contribution in [0.4, 0.5) is 18.9 Å². The number of alkyl halides is 3. The number of nitrogens with one attached hydrogen (secondary N) is 2. The molecule has 0 bridgehead atoms. The molecular formula is C15H19F3N2O2. The second kappa shape index (κ2) is 6.26. The molecule has 1 heterocycles. The Labute approximate surface area is 127 Å². The fourth-order valence-corrected chi connectivity index (χ4v) is 2.67. The lowest BCUT2D eigenvalue weighted by Crippen LogP contribution is -2.51. The van der Waals surface area contributed by atoms with Crippen LogP contribution in [0.2, 0.25) is 0 Å². The molecule has 0 spiro atoms. The summed E-state index contributed by atoms with van der Waals surface area (Å²) >= 11 is 0. The van der Waals surface area contributed by atoms with Crippen molar-refractivity contribution in [3.8, 4) is 0 Å². The zero-order valence-corrected chi connectivity index (χ0v) is 12.5. The highest BCUT2D eigenvalue weighted by molar-refractivity contribution is 5.98. The quantitative estimate of drug-likeness (QED) is 0.901. The maximum atomic E-state index is 12.9. The number of carbonyl (C=O) groups excluding carboxylic acids is 1. The van der Waals surface area contributed by atoms with E-state index >= 15 is 0 Å². The molecule has 1 aromatic rings. The summed E-state index contributed by atoms with van der Waals surface area (Å²) in [5, 5.41) is 5.72. The number of hydrogen-bond acceptors (Lipinski definition) is 3. The fourth-order valence-electron chi connectivity index (χ4n) is 2.67. The average molecular weight is 316 g/mol. The van der Waals surface area contributed by atoms with Crippen LogP contribution in [0.5, 0.6) is 0 Å². The van der Waals surface area contributed by atoms with Crippen molar-refractivity contribution in [2.45, 2.75) is 31.5 Å². The number of amides is 1. The third-order valence-corrected chi connectivity index (χ3v) is 4.10. The van der Waals surface area contributed by atoms with Crippen LogP contribution in [-0.4, -0.2) is 31.7 Å². The summed E-state index contributed by atoms with van der Waals surface area (Å²) in [6, 6.07) is 3.75. The van der Waals surface area contributed by atoms with E-state index in [1.54, 1.807) is 0 Å². The summed E-state index contributed by atoms with van der Waals surface area (Å²) in [6.07, 6.45) is -3.49. The van der Waals surface area contributed by atoms with Crippen molar-refractivity contribution in [3.63, 3.8) is 0 Å². The van der Waals surface area contributed by atoms with Crippen LogP contribution >= 0.6 is 0 Å². The van der Waals surface area contributed by atoms with Crippen molar-refractivity contribution in [2.75, 3.05) is 25.5 Å². The van der Waals surface area contributed by atoms with E-state index in [0.717, 1.165) is 6.07 Å². The molecule has 0 aliphatic carbocycles. The van der Waals surface area contributed by atoms with E-state index in [0.29, 0.717) is 25.9 Å². The minimum atomic E-state index is -4.45. The Morgan fingerprint density at radius 3 is 2.50 bits per heavy atom. The highest BCUT2D eigenvalue weighted by Gasteiger charge is 2.40. The molecule has 1 aromatic carbocycles. The van der Waals surface area contributed by atoms with Gasteiger partial charge in [0.1, 0.15) is 5.60 Å². The number of ether oxygens (including phenoxy) is 1. The maximum absolute atomic E-state index is 12.9. The monoisotopic (exact) mass is 316 g/mol. The number of benzene rings is 1. The number of anilines is 1. The normalized spacial score (nSPS) is 18.0. The molecule has 0 saturated carbocycles. The van der Waals surface area contributed by atoms with Gasteiger partial charge in [0.15, 0.2) is 0 Å². The number of halogens is 3. The summed E-state index contributed by atoms with van der Waals surface area (Å²) in [5.74, 6) is -0.404. The number of piperidine rings is 1. The smallest absolute Gasteiger partial charge is 0.368 e. The van der Waals surface area contributed by atoms with Crippen molar-refractivity contribution < 1.29 is 22.7 Å². The van der Waals surface area contributed by atoms with Gasteiger partial charge in [-0.2, -0.15) is 13.2 Å². The zero-order valence-electron chi connectivity index (χ0n) is 12.5. The molecule has 0 atom stereocenters. The van der Waals surface area contributed by atoms with Crippen LogP contribution < -0.4 is 10.6 Å². The highest BCUT2D eigenvalue weighted by atomic mass is 19.4. The summed E-state index contributed by atoms with van der Waals surface area (Å²) in [5.41, 5.74) is -1.58. The first-order valence-corrected chi connectivity index (χ1v) is 7.04.